The van der Waals surface area contributed by atoms with Gasteiger partial charge in [-0.2, -0.15) is 0 Å². The average Bonchev–Trinajstić information content (AvgIpc) is 2.29. The summed E-state index contributed by atoms with van der Waals surface area (Å²) >= 11 is 22.1. The van der Waals surface area contributed by atoms with E-state index in [1.165, 1.54) is 0 Å². The zero-order valence-corrected chi connectivity index (χ0v) is 10.6. The first kappa shape index (κ1) is 14.3. The summed E-state index contributed by atoms with van der Waals surface area (Å²) in [5.74, 6) is -5.83. The number of carboxylic acids is 1. The minimum atomic E-state index is -1.93. The average molecular weight is 322 g/mol. The maximum Gasteiger partial charge on any atom is 0.422 e. The molecule has 92 valence electrons. The smallest absolute Gasteiger partial charge is 0.422 e. The van der Waals surface area contributed by atoms with Gasteiger partial charge in [-0.25, -0.2) is 14.0 Å². The van der Waals surface area contributed by atoms with Crippen molar-refractivity contribution in [1.82, 2.24) is 0 Å². The number of rotatable bonds is 1. The Morgan fingerprint density at radius 3 is 1.94 bits per heavy atom. The Morgan fingerprint density at radius 1 is 1.00 bits per heavy atom. The van der Waals surface area contributed by atoms with Crippen LogP contribution in [0.15, 0.2) is 0 Å². The van der Waals surface area contributed by atoms with Crippen molar-refractivity contribution in [2.45, 2.75) is 0 Å². The van der Waals surface area contributed by atoms with Crippen molar-refractivity contribution in [3.05, 3.63) is 25.9 Å². The lowest BCUT2D eigenvalue weighted by atomic mass is 10.3. The molecule has 0 amide bonds. The van der Waals surface area contributed by atoms with Gasteiger partial charge in [-0.1, -0.05) is 46.4 Å². The molecule has 0 aliphatic heterocycles. The van der Waals surface area contributed by atoms with Crippen LogP contribution < -0.4 is 4.74 Å². The molecule has 0 aliphatic carbocycles. The van der Waals surface area contributed by atoms with Crippen LogP contribution >= 0.6 is 46.4 Å². The van der Waals surface area contributed by atoms with E-state index in [1.807, 2.05) is 0 Å². The molecule has 0 aromatic heterocycles. The van der Waals surface area contributed by atoms with Gasteiger partial charge in [0.05, 0.1) is 10.0 Å². The third-order valence-electron chi connectivity index (χ3n) is 1.54. The third-order valence-corrected chi connectivity index (χ3v) is 3.30. The first-order valence-electron chi connectivity index (χ1n) is 3.74. The van der Waals surface area contributed by atoms with Crippen LogP contribution in [0.1, 0.15) is 0 Å². The molecule has 17 heavy (non-hydrogen) atoms. The second-order valence-corrected chi connectivity index (χ2v) is 4.11. The molecule has 0 radical (unpaired) electrons. The molecular formula is C8HCl4FO4. The van der Waals surface area contributed by atoms with Gasteiger partial charge in [-0.15, -0.1) is 0 Å². The number of hydrogen-bond donors (Lipinski definition) is 1. The Balaban J connectivity index is 3.35. The van der Waals surface area contributed by atoms with Crippen LogP contribution in [-0.4, -0.2) is 17.0 Å². The van der Waals surface area contributed by atoms with Crippen molar-refractivity contribution >= 4 is 58.3 Å². The lowest BCUT2D eigenvalue weighted by Gasteiger charge is -2.09. The van der Waals surface area contributed by atoms with Crippen molar-refractivity contribution in [1.29, 1.82) is 0 Å². The maximum absolute atomic E-state index is 13.5. The van der Waals surface area contributed by atoms with Gasteiger partial charge in [0.25, 0.3) is 0 Å². The van der Waals surface area contributed by atoms with Crippen molar-refractivity contribution in [2.24, 2.45) is 0 Å². The third kappa shape index (κ3) is 2.74. The Hall–Kier alpha value is -0.750. The van der Waals surface area contributed by atoms with Gasteiger partial charge >= 0.3 is 11.9 Å². The van der Waals surface area contributed by atoms with Crippen LogP contribution in [0.2, 0.25) is 20.1 Å². The molecule has 1 aromatic rings. The lowest BCUT2D eigenvalue weighted by Crippen LogP contribution is -2.20. The molecule has 0 saturated carbocycles. The highest BCUT2D eigenvalue weighted by molar-refractivity contribution is 6.52. The number of hydrogen-bond acceptors (Lipinski definition) is 3. The monoisotopic (exact) mass is 320 g/mol. The zero-order chi connectivity index (χ0) is 13.3. The molecule has 0 heterocycles. The summed E-state index contributed by atoms with van der Waals surface area (Å²) in [7, 11) is 0. The number of esters is 1. The van der Waals surface area contributed by atoms with Crippen molar-refractivity contribution < 1.29 is 23.8 Å². The van der Waals surface area contributed by atoms with Crippen LogP contribution in [0.25, 0.3) is 0 Å². The second kappa shape index (κ2) is 5.27. The Bertz CT molecular complexity index is 488. The predicted octanol–water partition coefficient (Wildman–Crippen LogP) is 3.43. The van der Waals surface area contributed by atoms with E-state index in [-0.39, 0.29) is 10.0 Å². The van der Waals surface area contributed by atoms with Gasteiger partial charge in [0.2, 0.25) is 0 Å². The highest BCUT2D eigenvalue weighted by atomic mass is 35.5. The normalized spacial score (nSPS) is 10.2. The second-order valence-electron chi connectivity index (χ2n) is 2.59. The molecule has 0 spiro atoms. The molecule has 1 aromatic carbocycles. The molecule has 0 bridgehead atoms. The number of carboxylic acid groups (broad SMARTS) is 1. The molecule has 0 unspecified atom stereocenters. The van der Waals surface area contributed by atoms with E-state index in [2.05, 4.69) is 4.74 Å². The molecular weight excluding hydrogens is 321 g/mol. The Kier molecular flexibility index (Phi) is 4.43. The summed E-state index contributed by atoms with van der Waals surface area (Å²) in [6, 6.07) is 0. The Morgan fingerprint density at radius 2 is 1.47 bits per heavy atom. The van der Waals surface area contributed by atoms with E-state index in [1.54, 1.807) is 0 Å². The molecule has 0 atom stereocenters. The number of carbonyl (C=O) groups is 2. The molecule has 1 N–H and O–H groups in total. The summed E-state index contributed by atoms with van der Waals surface area (Å²) < 4.78 is 17.7. The quantitative estimate of drug-likeness (QED) is 0.283. The summed E-state index contributed by atoms with van der Waals surface area (Å²) in [5, 5.41) is 6.38. The fourth-order valence-electron chi connectivity index (χ4n) is 0.811. The first-order chi connectivity index (χ1) is 7.77. The number of halogens is 5. The van der Waals surface area contributed by atoms with Crippen molar-refractivity contribution in [2.75, 3.05) is 0 Å². The standard InChI is InChI=1S/C8HCl4FO4/c9-1-2(10)4(12)6(5(13)3(1)11)17-8(16)7(14)15/h(H,14,15). The van der Waals surface area contributed by atoms with Gasteiger partial charge in [0.15, 0.2) is 11.6 Å². The van der Waals surface area contributed by atoms with Crippen LogP contribution in [0.5, 0.6) is 5.75 Å². The van der Waals surface area contributed by atoms with Crippen LogP contribution in [0.3, 0.4) is 0 Å². The summed E-state index contributed by atoms with van der Waals surface area (Å²) in [4.78, 5) is 21.0. The van der Waals surface area contributed by atoms with Gasteiger partial charge in [-0.3, -0.25) is 0 Å². The lowest BCUT2D eigenvalue weighted by molar-refractivity contribution is -0.158. The summed E-state index contributed by atoms with van der Waals surface area (Å²) in [6.07, 6.45) is 0. The minimum Gasteiger partial charge on any atom is -0.473 e. The topological polar surface area (TPSA) is 63.6 Å². The van der Waals surface area contributed by atoms with E-state index in [9.17, 15) is 14.0 Å². The predicted molar refractivity (Wildman–Crippen MR) is 59.7 cm³/mol. The van der Waals surface area contributed by atoms with Gasteiger partial charge in [0.1, 0.15) is 10.0 Å². The van der Waals surface area contributed by atoms with Crippen molar-refractivity contribution in [3.8, 4) is 5.75 Å². The fourth-order valence-corrected chi connectivity index (χ4v) is 1.66. The largest absolute Gasteiger partial charge is 0.473 e. The van der Waals surface area contributed by atoms with Gasteiger partial charge in [0, 0.05) is 0 Å². The minimum absolute atomic E-state index is 0.354. The van der Waals surface area contributed by atoms with Gasteiger partial charge < -0.3 is 9.84 Å². The summed E-state index contributed by atoms with van der Waals surface area (Å²) in [6.45, 7) is 0. The van der Waals surface area contributed by atoms with E-state index in [0.29, 0.717) is 0 Å². The number of aliphatic carboxylic acids is 1. The zero-order valence-electron chi connectivity index (χ0n) is 7.56. The van der Waals surface area contributed by atoms with E-state index < -0.39 is 33.6 Å². The van der Waals surface area contributed by atoms with Gasteiger partial charge in [-0.05, 0) is 0 Å². The van der Waals surface area contributed by atoms with E-state index >= 15 is 0 Å². The molecule has 0 fully saturated rings. The number of carbonyl (C=O) groups excluding carboxylic acids is 1. The number of ether oxygens (including phenoxy) is 1. The maximum atomic E-state index is 13.5. The Labute approximate surface area is 114 Å². The van der Waals surface area contributed by atoms with Crippen LogP contribution in [0.4, 0.5) is 4.39 Å². The molecule has 0 aliphatic rings. The molecule has 4 nitrogen and oxygen atoms in total. The van der Waals surface area contributed by atoms with E-state index in [4.69, 9.17) is 51.5 Å². The van der Waals surface area contributed by atoms with Crippen LogP contribution in [-0.2, 0) is 9.59 Å². The fraction of sp³-hybridized carbons (Fsp3) is 0. The number of benzene rings is 1. The molecule has 1 rings (SSSR count). The van der Waals surface area contributed by atoms with Crippen molar-refractivity contribution in [3.63, 3.8) is 0 Å². The molecule has 0 saturated heterocycles. The summed E-state index contributed by atoms with van der Waals surface area (Å²) in [5.41, 5.74) is 0. The highest BCUT2D eigenvalue weighted by Crippen LogP contribution is 2.44. The highest BCUT2D eigenvalue weighted by Gasteiger charge is 2.25. The SMILES string of the molecule is O=C(O)C(=O)Oc1c(F)c(Cl)c(Cl)c(Cl)c1Cl. The van der Waals surface area contributed by atoms with Crippen LogP contribution in [0, 0.1) is 5.82 Å². The first-order valence-corrected chi connectivity index (χ1v) is 5.25. The molecule has 9 heteroatoms. The van der Waals surface area contributed by atoms with E-state index in [0.717, 1.165) is 0 Å².